The predicted molar refractivity (Wildman–Crippen MR) is 275 cm³/mol. The van der Waals surface area contributed by atoms with Crippen molar-refractivity contribution in [3.63, 3.8) is 0 Å². The third kappa shape index (κ3) is 50.1. The van der Waals surface area contributed by atoms with E-state index in [1.54, 1.807) is 0 Å². The molecular formula is C58H102O6. The van der Waals surface area contributed by atoms with Gasteiger partial charge in [-0.15, -0.1) is 0 Å². The number of hydrogen-bond acceptors (Lipinski definition) is 6. The lowest BCUT2D eigenvalue weighted by atomic mass is 10.1. The van der Waals surface area contributed by atoms with Crippen LogP contribution < -0.4 is 0 Å². The molecule has 0 aliphatic heterocycles. The molecule has 370 valence electrons. The molecule has 1 unspecified atom stereocenters. The standard InChI is InChI=1S/C58H102O6/c1-4-7-10-13-16-19-21-23-25-26-27-28-29-30-31-32-34-35-37-39-42-45-48-51-57(60)63-54-55(53-62-56(59)50-47-44-41-18-15-12-9-6-3)64-58(61)52-49-46-43-40-38-36-33-24-22-20-17-14-11-8-5-2/h7,10,16,19,23-25,27-28,33,55H,4-6,8-9,11-15,17-18,20-22,26,29-32,34-54H2,1-3H3/b10-7-,19-16-,25-23-,28-27-,33-24-. The lowest BCUT2D eigenvalue weighted by Crippen LogP contribution is -2.30. The van der Waals surface area contributed by atoms with Crippen molar-refractivity contribution in [3.8, 4) is 0 Å². The first-order valence-electron chi connectivity index (χ1n) is 27.3. The van der Waals surface area contributed by atoms with E-state index in [0.717, 1.165) is 89.9 Å². The Hall–Kier alpha value is -2.89. The van der Waals surface area contributed by atoms with Crippen molar-refractivity contribution in [2.24, 2.45) is 0 Å². The van der Waals surface area contributed by atoms with Gasteiger partial charge in [-0.1, -0.05) is 229 Å². The molecule has 0 bridgehead atoms. The van der Waals surface area contributed by atoms with E-state index >= 15 is 0 Å². The molecule has 0 aliphatic rings. The van der Waals surface area contributed by atoms with Crippen LogP contribution >= 0.6 is 0 Å². The summed E-state index contributed by atoms with van der Waals surface area (Å²) in [5, 5.41) is 0. The van der Waals surface area contributed by atoms with Crippen molar-refractivity contribution in [3.05, 3.63) is 60.8 Å². The molecule has 0 aromatic carbocycles. The van der Waals surface area contributed by atoms with Gasteiger partial charge in [0.1, 0.15) is 13.2 Å². The minimum atomic E-state index is -0.776. The molecule has 0 saturated heterocycles. The summed E-state index contributed by atoms with van der Waals surface area (Å²) in [5.41, 5.74) is 0. The number of rotatable bonds is 49. The molecule has 6 nitrogen and oxygen atoms in total. The van der Waals surface area contributed by atoms with Crippen molar-refractivity contribution in [2.75, 3.05) is 13.2 Å². The van der Waals surface area contributed by atoms with E-state index in [4.69, 9.17) is 14.2 Å². The van der Waals surface area contributed by atoms with Gasteiger partial charge >= 0.3 is 17.9 Å². The van der Waals surface area contributed by atoms with Gasteiger partial charge in [0.2, 0.25) is 0 Å². The quantitative estimate of drug-likeness (QED) is 0.0262. The maximum absolute atomic E-state index is 12.8. The molecule has 0 aliphatic carbocycles. The Morgan fingerprint density at radius 2 is 0.609 bits per heavy atom. The smallest absolute Gasteiger partial charge is 0.306 e. The van der Waals surface area contributed by atoms with Crippen LogP contribution in [0.3, 0.4) is 0 Å². The van der Waals surface area contributed by atoms with Gasteiger partial charge in [-0.25, -0.2) is 0 Å². The summed E-state index contributed by atoms with van der Waals surface area (Å²) in [6.45, 7) is 6.50. The average molecular weight is 895 g/mol. The summed E-state index contributed by atoms with van der Waals surface area (Å²) in [6, 6.07) is 0. The number of allylic oxidation sites excluding steroid dienone is 10. The van der Waals surface area contributed by atoms with Gasteiger partial charge in [-0.3, -0.25) is 14.4 Å². The second-order valence-corrected chi connectivity index (χ2v) is 18.1. The van der Waals surface area contributed by atoms with Crippen molar-refractivity contribution >= 4 is 17.9 Å². The summed E-state index contributed by atoms with van der Waals surface area (Å²) < 4.78 is 16.8. The molecule has 0 spiro atoms. The van der Waals surface area contributed by atoms with E-state index < -0.39 is 6.10 Å². The summed E-state index contributed by atoms with van der Waals surface area (Å²) in [5.74, 6) is -0.887. The van der Waals surface area contributed by atoms with Crippen LogP contribution in [0.15, 0.2) is 60.8 Å². The Labute approximate surface area is 396 Å². The Bertz CT molecular complexity index is 1170. The van der Waals surface area contributed by atoms with Crippen LogP contribution in [0.4, 0.5) is 0 Å². The molecule has 0 aromatic heterocycles. The van der Waals surface area contributed by atoms with Crippen LogP contribution in [0.1, 0.15) is 271 Å². The van der Waals surface area contributed by atoms with Gasteiger partial charge in [0, 0.05) is 19.3 Å². The normalized spacial score (nSPS) is 12.5. The highest BCUT2D eigenvalue weighted by Crippen LogP contribution is 2.15. The average Bonchev–Trinajstić information content (AvgIpc) is 3.29. The van der Waals surface area contributed by atoms with Crippen molar-refractivity contribution in [1.29, 1.82) is 0 Å². The van der Waals surface area contributed by atoms with E-state index in [2.05, 4.69) is 81.5 Å². The van der Waals surface area contributed by atoms with E-state index in [1.165, 1.54) is 141 Å². The van der Waals surface area contributed by atoms with Crippen LogP contribution in [0.25, 0.3) is 0 Å². The molecule has 0 rings (SSSR count). The SMILES string of the molecule is CC/C=C\C/C=C\C/C=C\C/C=C\CCCCCCCCCCCCC(=O)OCC(COC(=O)CCCCCCCCCC)OC(=O)CCCCCCC/C=C\CCCCCCCC. The highest BCUT2D eigenvalue weighted by Gasteiger charge is 2.19. The van der Waals surface area contributed by atoms with Gasteiger partial charge in [-0.2, -0.15) is 0 Å². The number of unbranched alkanes of at least 4 members (excludes halogenated alkanes) is 28. The zero-order valence-corrected chi connectivity index (χ0v) is 42.3. The van der Waals surface area contributed by atoms with E-state index in [-0.39, 0.29) is 31.1 Å². The Kier molecular flexibility index (Phi) is 50.4. The van der Waals surface area contributed by atoms with Gasteiger partial charge < -0.3 is 14.2 Å². The highest BCUT2D eigenvalue weighted by molar-refractivity contribution is 5.71. The molecule has 0 fully saturated rings. The number of hydrogen-bond donors (Lipinski definition) is 0. The van der Waals surface area contributed by atoms with Crippen molar-refractivity contribution in [1.82, 2.24) is 0 Å². The molecule has 0 heterocycles. The second-order valence-electron chi connectivity index (χ2n) is 18.1. The summed E-state index contributed by atoms with van der Waals surface area (Å²) in [7, 11) is 0. The number of ether oxygens (including phenoxy) is 3. The van der Waals surface area contributed by atoms with E-state index in [9.17, 15) is 14.4 Å². The van der Waals surface area contributed by atoms with E-state index in [0.29, 0.717) is 19.3 Å². The van der Waals surface area contributed by atoms with Crippen LogP contribution in [0, 0.1) is 0 Å². The minimum Gasteiger partial charge on any atom is -0.462 e. The third-order valence-electron chi connectivity index (χ3n) is 11.8. The molecule has 0 N–H and O–H groups in total. The molecule has 1 atom stereocenters. The highest BCUT2D eigenvalue weighted by atomic mass is 16.6. The maximum Gasteiger partial charge on any atom is 0.306 e. The largest absolute Gasteiger partial charge is 0.462 e. The lowest BCUT2D eigenvalue weighted by Gasteiger charge is -2.18. The van der Waals surface area contributed by atoms with Gasteiger partial charge in [0.05, 0.1) is 0 Å². The summed E-state index contributed by atoms with van der Waals surface area (Å²) in [6.07, 6.45) is 65.0. The molecular weight excluding hydrogens is 793 g/mol. The maximum atomic E-state index is 12.8. The van der Waals surface area contributed by atoms with Crippen LogP contribution in [0.5, 0.6) is 0 Å². The lowest BCUT2D eigenvalue weighted by molar-refractivity contribution is -0.167. The van der Waals surface area contributed by atoms with Gasteiger partial charge in [0.25, 0.3) is 0 Å². The number of carbonyl (C=O) groups is 3. The zero-order valence-electron chi connectivity index (χ0n) is 42.3. The van der Waals surface area contributed by atoms with Crippen molar-refractivity contribution < 1.29 is 28.6 Å². The van der Waals surface area contributed by atoms with Gasteiger partial charge in [0.15, 0.2) is 6.10 Å². The molecule has 64 heavy (non-hydrogen) atoms. The van der Waals surface area contributed by atoms with Crippen LogP contribution in [0.2, 0.25) is 0 Å². The first-order chi connectivity index (χ1) is 31.5. The van der Waals surface area contributed by atoms with Gasteiger partial charge in [-0.05, 0) is 83.5 Å². The summed E-state index contributed by atoms with van der Waals surface area (Å²) in [4.78, 5) is 37.9. The monoisotopic (exact) mass is 895 g/mol. The summed E-state index contributed by atoms with van der Waals surface area (Å²) >= 11 is 0. The first kappa shape index (κ1) is 61.1. The molecule has 0 aromatic rings. The fourth-order valence-corrected chi connectivity index (χ4v) is 7.66. The molecule has 0 radical (unpaired) electrons. The Morgan fingerprint density at radius 1 is 0.328 bits per heavy atom. The minimum absolute atomic E-state index is 0.0769. The zero-order chi connectivity index (χ0) is 46.5. The predicted octanol–water partition coefficient (Wildman–Crippen LogP) is 18.0. The Balaban J connectivity index is 4.23. The fraction of sp³-hybridized carbons (Fsp3) is 0.776. The first-order valence-corrected chi connectivity index (χ1v) is 27.3. The number of esters is 3. The second kappa shape index (κ2) is 52.7. The topological polar surface area (TPSA) is 78.9 Å². The third-order valence-corrected chi connectivity index (χ3v) is 11.8. The van der Waals surface area contributed by atoms with Crippen LogP contribution in [-0.4, -0.2) is 37.2 Å². The van der Waals surface area contributed by atoms with Crippen LogP contribution in [-0.2, 0) is 28.6 Å². The fourth-order valence-electron chi connectivity index (χ4n) is 7.66. The number of carbonyl (C=O) groups excluding carboxylic acids is 3. The molecule has 6 heteroatoms. The van der Waals surface area contributed by atoms with Crippen molar-refractivity contribution in [2.45, 2.75) is 277 Å². The molecule has 0 amide bonds. The van der Waals surface area contributed by atoms with E-state index in [1.807, 2.05) is 0 Å². The Morgan fingerprint density at radius 3 is 0.969 bits per heavy atom. The molecule has 0 saturated carbocycles.